The summed E-state index contributed by atoms with van der Waals surface area (Å²) >= 11 is 8.31. The van der Waals surface area contributed by atoms with E-state index in [0.717, 1.165) is 19.4 Å². The molecule has 0 spiro atoms. The molecule has 0 radical (unpaired) electrons. The van der Waals surface area contributed by atoms with Crippen LogP contribution in [-0.4, -0.2) is 10.1 Å². The third-order valence-electron chi connectivity index (χ3n) is 2.46. The quantitative estimate of drug-likeness (QED) is 0.639. The number of aromatic nitrogens is 2. The average molecular weight is 401 g/mol. The predicted octanol–water partition coefficient (Wildman–Crippen LogP) is 4.57. The number of nitrogen functional groups attached to an aromatic ring is 1. The van der Waals surface area contributed by atoms with Gasteiger partial charge in [-0.1, -0.05) is 21.1 Å². The van der Waals surface area contributed by atoms with E-state index in [1.807, 2.05) is 23.6 Å². The fourth-order valence-electron chi connectivity index (χ4n) is 1.59. The number of benzene rings is 1. The summed E-state index contributed by atoms with van der Waals surface area (Å²) in [6.07, 6.45) is 0. The van der Waals surface area contributed by atoms with Gasteiger partial charge in [-0.25, -0.2) is 0 Å². The van der Waals surface area contributed by atoms with Crippen molar-refractivity contribution < 1.29 is 4.52 Å². The maximum Gasteiger partial charge on any atom is 0.260 e. The molecule has 96 valence electrons. The highest BCUT2D eigenvalue weighted by Crippen LogP contribution is 2.31. The zero-order chi connectivity index (χ0) is 13.4. The number of hydrogen-bond acceptors (Lipinski definition) is 5. The first-order valence-corrected chi connectivity index (χ1v) is 7.73. The van der Waals surface area contributed by atoms with Gasteiger partial charge >= 0.3 is 0 Å². The summed E-state index contributed by atoms with van der Waals surface area (Å²) < 4.78 is 7.18. The standard InChI is InChI=1S/C12H7Br2N3OS/c13-6-1-2-8(9(15)3-6)12-16-11(17-18-12)10-4-7(14)5-19-10/h1-5H,15H2. The summed E-state index contributed by atoms with van der Waals surface area (Å²) in [4.78, 5) is 5.31. The molecular weight excluding hydrogens is 394 g/mol. The molecule has 2 heterocycles. The lowest BCUT2D eigenvalue weighted by molar-refractivity contribution is 0.432. The van der Waals surface area contributed by atoms with Crippen LogP contribution in [0, 0.1) is 0 Å². The normalized spacial score (nSPS) is 10.8. The van der Waals surface area contributed by atoms with E-state index < -0.39 is 0 Å². The summed E-state index contributed by atoms with van der Waals surface area (Å²) in [6, 6.07) is 7.49. The number of nitrogens with zero attached hydrogens (tertiary/aromatic N) is 2. The van der Waals surface area contributed by atoms with Crippen LogP contribution in [0.5, 0.6) is 0 Å². The lowest BCUT2D eigenvalue weighted by atomic mass is 10.2. The van der Waals surface area contributed by atoms with Crippen molar-refractivity contribution in [3.8, 4) is 22.2 Å². The van der Waals surface area contributed by atoms with Crippen molar-refractivity contribution in [3.63, 3.8) is 0 Å². The van der Waals surface area contributed by atoms with Crippen LogP contribution in [0.3, 0.4) is 0 Å². The first-order chi connectivity index (χ1) is 9.13. The fraction of sp³-hybridized carbons (Fsp3) is 0. The Morgan fingerprint density at radius 2 is 2.00 bits per heavy atom. The molecule has 0 fully saturated rings. The number of halogens is 2. The van der Waals surface area contributed by atoms with Crippen LogP contribution in [0.25, 0.3) is 22.2 Å². The zero-order valence-electron chi connectivity index (χ0n) is 9.43. The van der Waals surface area contributed by atoms with E-state index >= 15 is 0 Å². The number of hydrogen-bond donors (Lipinski definition) is 1. The average Bonchev–Trinajstić information content (AvgIpc) is 2.97. The molecule has 0 amide bonds. The summed E-state index contributed by atoms with van der Waals surface area (Å²) in [7, 11) is 0. The molecule has 3 aromatic rings. The first kappa shape index (κ1) is 12.8. The molecule has 7 heteroatoms. The van der Waals surface area contributed by atoms with Crippen molar-refractivity contribution in [3.05, 3.63) is 38.6 Å². The summed E-state index contributed by atoms with van der Waals surface area (Å²) in [5.74, 6) is 0.984. The van der Waals surface area contributed by atoms with Gasteiger partial charge in [0.2, 0.25) is 5.82 Å². The van der Waals surface area contributed by atoms with Crippen LogP contribution >= 0.6 is 43.2 Å². The number of anilines is 1. The second-order valence-corrected chi connectivity index (χ2v) is 6.53. The largest absolute Gasteiger partial charge is 0.398 e. The van der Waals surface area contributed by atoms with Crippen LogP contribution < -0.4 is 5.73 Å². The first-order valence-electron chi connectivity index (χ1n) is 5.27. The van der Waals surface area contributed by atoms with Gasteiger partial charge in [0.15, 0.2) is 0 Å². The zero-order valence-corrected chi connectivity index (χ0v) is 13.4. The van der Waals surface area contributed by atoms with E-state index in [1.54, 1.807) is 17.4 Å². The minimum atomic E-state index is 0.421. The number of nitrogens with two attached hydrogens (primary N) is 1. The molecule has 0 saturated carbocycles. The van der Waals surface area contributed by atoms with Gasteiger partial charge in [0, 0.05) is 20.0 Å². The van der Waals surface area contributed by atoms with E-state index in [-0.39, 0.29) is 0 Å². The Balaban J connectivity index is 2.01. The Bertz CT molecular complexity index is 738. The SMILES string of the molecule is Nc1cc(Br)ccc1-c1nc(-c2cc(Br)cs2)no1. The molecule has 2 N–H and O–H groups in total. The van der Waals surface area contributed by atoms with E-state index in [1.165, 1.54) is 0 Å². The number of thiophene rings is 1. The maximum atomic E-state index is 5.94. The molecule has 0 saturated heterocycles. The maximum absolute atomic E-state index is 5.94. The molecule has 0 aliphatic carbocycles. The molecule has 19 heavy (non-hydrogen) atoms. The molecule has 1 aromatic carbocycles. The lowest BCUT2D eigenvalue weighted by Gasteiger charge is -2.00. The van der Waals surface area contributed by atoms with Crippen LogP contribution in [0.1, 0.15) is 0 Å². The topological polar surface area (TPSA) is 64.9 Å². The van der Waals surface area contributed by atoms with Crippen LogP contribution in [0.15, 0.2) is 43.1 Å². The van der Waals surface area contributed by atoms with Gasteiger partial charge in [-0.2, -0.15) is 4.98 Å². The van der Waals surface area contributed by atoms with Gasteiger partial charge in [-0.05, 0) is 40.2 Å². The minimum Gasteiger partial charge on any atom is -0.398 e. The Morgan fingerprint density at radius 3 is 2.68 bits per heavy atom. The molecule has 3 rings (SSSR count). The summed E-state index contributed by atoms with van der Waals surface area (Å²) in [6.45, 7) is 0. The molecule has 0 aliphatic heterocycles. The lowest BCUT2D eigenvalue weighted by Crippen LogP contribution is -1.89. The third kappa shape index (κ3) is 2.58. The van der Waals surface area contributed by atoms with Crippen LogP contribution in [0.4, 0.5) is 5.69 Å². The van der Waals surface area contributed by atoms with Gasteiger partial charge in [0.05, 0.1) is 10.4 Å². The van der Waals surface area contributed by atoms with Gasteiger partial charge in [0.25, 0.3) is 5.89 Å². The monoisotopic (exact) mass is 399 g/mol. The van der Waals surface area contributed by atoms with Crippen LogP contribution in [0.2, 0.25) is 0 Å². The molecule has 0 aliphatic rings. The predicted molar refractivity (Wildman–Crippen MR) is 82.9 cm³/mol. The van der Waals surface area contributed by atoms with Crippen molar-refractivity contribution in [2.45, 2.75) is 0 Å². The third-order valence-corrected chi connectivity index (χ3v) is 4.64. The Kier molecular flexibility index (Phi) is 3.42. The summed E-state index contributed by atoms with van der Waals surface area (Å²) in [5, 5.41) is 5.95. The molecule has 0 bridgehead atoms. The van der Waals surface area contributed by atoms with Gasteiger partial charge in [-0.3, -0.25) is 0 Å². The second-order valence-electron chi connectivity index (χ2n) is 3.78. The van der Waals surface area contributed by atoms with E-state index in [9.17, 15) is 0 Å². The van der Waals surface area contributed by atoms with Gasteiger partial charge in [0.1, 0.15) is 0 Å². The van der Waals surface area contributed by atoms with Gasteiger partial charge < -0.3 is 10.3 Å². The van der Waals surface area contributed by atoms with Gasteiger partial charge in [-0.15, -0.1) is 11.3 Å². The van der Waals surface area contributed by atoms with E-state index in [2.05, 4.69) is 42.0 Å². The van der Waals surface area contributed by atoms with E-state index in [0.29, 0.717) is 17.4 Å². The van der Waals surface area contributed by atoms with Crippen molar-refractivity contribution in [2.24, 2.45) is 0 Å². The Hall–Kier alpha value is -1.18. The number of rotatable bonds is 2. The Labute approximate surface area is 129 Å². The highest BCUT2D eigenvalue weighted by molar-refractivity contribution is 9.10. The molecule has 4 nitrogen and oxygen atoms in total. The fourth-order valence-corrected chi connectivity index (χ4v) is 3.32. The highest BCUT2D eigenvalue weighted by atomic mass is 79.9. The molecule has 2 aromatic heterocycles. The molecular formula is C12H7Br2N3OS. The van der Waals surface area contributed by atoms with Crippen molar-refractivity contribution in [1.29, 1.82) is 0 Å². The minimum absolute atomic E-state index is 0.421. The smallest absolute Gasteiger partial charge is 0.260 e. The van der Waals surface area contributed by atoms with Crippen LogP contribution in [-0.2, 0) is 0 Å². The van der Waals surface area contributed by atoms with Crippen molar-refractivity contribution >= 4 is 48.9 Å². The Morgan fingerprint density at radius 1 is 1.16 bits per heavy atom. The van der Waals surface area contributed by atoms with Crippen molar-refractivity contribution in [1.82, 2.24) is 10.1 Å². The van der Waals surface area contributed by atoms with Crippen molar-refractivity contribution in [2.75, 3.05) is 5.73 Å². The molecule has 0 atom stereocenters. The molecule has 0 unspecified atom stereocenters. The summed E-state index contributed by atoms with van der Waals surface area (Å²) in [5.41, 5.74) is 7.27. The second kappa shape index (κ2) is 5.07. The van der Waals surface area contributed by atoms with E-state index in [4.69, 9.17) is 10.3 Å². The highest BCUT2D eigenvalue weighted by Gasteiger charge is 2.14.